The number of nitrogens with one attached hydrogen (secondary N) is 1. The molecule has 0 unspecified atom stereocenters. The normalized spacial score (nSPS) is 11.0. The number of nitro groups is 1. The quantitative estimate of drug-likeness (QED) is 0.573. The first-order valence-electron chi connectivity index (χ1n) is 9.63. The lowest BCUT2D eigenvalue weighted by Gasteiger charge is -2.35. The molecule has 0 bridgehead atoms. The number of para-hydroxylation sites is 1. The number of carbonyl (C=O) groups is 2. The van der Waals surface area contributed by atoms with Gasteiger partial charge in [-0.1, -0.05) is 37.6 Å². The summed E-state index contributed by atoms with van der Waals surface area (Å²) in [5.41, 5.74) is 3.00. The Morgan fingerprint density at radius 2 is 1.69 bits per heavy atom. The lowest BCUT2D eigenvalue weighted by molar-refractivity contribution is -0.385. The fraction of sp³-hybridized carbons (Fsp3) is 0.364. The first-order chi connectivity index (χ1) is 13.6. The molecule has 0 aliphatic heterocycles. The molecule has 0 saturated heterocycles. The SMILES string of the molecule is CCCCc1ccc(C(=O)NN(C(=O)c2ccccc2[N+](=O)[O-])C(C)(C)C)cc1. The average molecular weight is 397 g/mol. The lowest BCUT2D eigenvalue weighted by Crippen LogP contribution is -2.56. The van der Waals surface area contributed by atoms with E-state index in [2.05, 4.69) is 12.3 Å². The molecule has 2 aromatic rings. The van der Waals surface area contributed by atoms with Crippen molar-refractivity contribution in [3.8, 4) is 0 Å². The first-order valence-corrected chi connectivity index (χ1v) is 9.63. The van der Waals surface area contributed by atoms with Gasteiger partial charge in [-0.3, -0.25) is 25.1 Å². The average Bonchev–Trinajstić information content (AvgIpc) is 2.69. The second-order valence-electron chi connectivity index (χ2n) is 7.83. The summed E-state index contributed by atoms with van der Waals surface area (Å²) in [6.45, 7) is 7.35. The van der Waals surface area contributed by atoms with Gasteiger partial charge in [-0.05, 0) is 57.4 Å². The molecule has 0 aromatic heterocycles. The Bertz CT molecular complexity index is 886. The zero-order valence-corrected chi connectivity index (χ0v) is 17.3. The number of rotatable bonds is 6. The molecule has 0 spiro atoms. The summed E-state index contributed by atoms with van der Waals surface area (Å²) < 4.78 is 0. The Labute approximate surface area is 170 Å². The number of benzene rings is 2. The summed E-state index contributed by atoms with van der Waals surface area (Å²) in [5, 5.41) is 12.4. The fourth-order valence-corrected chi connectivity index (χ4v) is 2.83. The molecule has 7 nitrogen and oxygen atoms in total. The van der Waals surface area contributed by atoms with Crippen molar-refractivity contribution in [3.63, 3.8) is 0 Å². The Morgan fingerprint density at radius 1 is 1.07 bits per heavy atom. The van der Waals surface area contributed by atoms with E-state index >= 15 is 0 Å². The van der Waals surface area contributed by atoms with Gasteiger partial charge in [0, 0.05) is 11.6 Å². The van der Waals surface area contributed by atoms with E-state index in [9.17, 15) is 19.7 Å². The van der Waals surface area contributed by atoms with Crippen LogP contribution >= 0.6 is 0 Å². The highest BCUT2D eigenvalue weighted by Gasteiger charge is 2.33. The minimum atomic E-state index is -0.794. The van der Waals surface area contributed by atoms with Crippen LogP contribution in [0.2, 0.25) is 0 Å². The minimum absolute atomic E-state index is 0.0809. The van der Waals surface area contributed by atoms with Gasteiger partial charge in [0.25, 0.3) is 17.5 Å². The molecule has 0 radical (unpaired) electrons. The Morgan fingerprint density at radius 3 is 2.24 bits per heavy atom. The molecule has 0 atom stereocenters. The number of hydrazine groups is 1. The number of nitrogens with zero attached hydrogens (tertiary/aromatic N) is 2. The zero-order chi connectivity index (χ0) is 21.6. The second kappa shape index (κ2) is 9.32. The largest absolute Gasteiger partial charge is 0.282 e. The smallest absolute Gasteiger partial charge is 0.267 e. The highest BCUT2D eigenvalue weighted by molar-refractivity contribution is 6.01. The van der Waals surface area contributed by atoms with E-state index in [0.29, 0.717) is 5.56 Å². The van der Waals surface area contributed by atoms with Crippen LogP contribution in [0.4, 0.5) is 5.69 Å². The van der Waals surface area contributed by atoms with Crippen molar-refractivity contribution >= 4 is 17.5 Å². The third-order valence-electron chi connectivity index (χ3n) is 4.45. The molecule has 154 valence electrons. The van der Waals surface area contributed by atoms with Gasteiger partial charge in [-0.2, -0.15) is 0 Å². The van der Waals surface area contributed by atoms with Gasteiger partial charge in [0.2, 0.25) is 0 Å². The van der Waals surface area contributed by atoms with Crippen molar-refractivity contribution in [2.75, 3.05) is 0 Å². The summed E-state index contributed by atoms with van der Waals surface area (Å²) in [6, 6.07) is 12.9. The summed E-state index contributed by atoms with van der Waals surface area (Å²) in [6.07, 6.45) is 3.12. The first kappa shape index (κ1) is 22.1. The number of aryl methyl sites for hydroxylation is 1. The van der Waals surface area contributed by atoms with Crippen LogP contribution in [0.3, 0.4) is 0 Å². The molecule has 29 heavy (non-hydrogen) atoms. The molecule has 0 saturated carbocycles. The van der Waals surface area contributed by atoms with Crippen molar-refractivity contribution in [1.82, 2.24) is 10.4 Å². The third-order valence-corrected chi connectivity index (χ3v) is 4.45. The van der Waals surface area contributed by atoms with Gasteiger partial charge in [-0.25, -0.2) is 5.01 Å². The van der Waals surface area contributed by atoms with E-state index in [4.69, 9.17) is 0 Å². The van der Waals surface area contributed by atoms with Crippen LogP contribution in [0.25, 0.3) is 0 Å². The third kappa shape index (κ3) is 5.63. The van der Waals surface area contributed by atoms with Gasteiger partial charge >= 0.3 is 0 Å². The predicted molar refractivity (Wildman–Crippen MR) is 112 cm³/mol. The van der Waals surface area contributed by atoms with Crippen LogP contribution in [0.5, 0.6) is 0 Å². The van der Waals surface area contributed by atoms with E-state index in [1.807, 2.05) is 12.1 Å². The van der Waals surface area contributed by atoms with E-state index in [0.717, 1.165) is 29.8 Å². The van der Waals surface area contributed by atoms with Crippen molar-refractivity contribution in [3.05, 3.63) is 75.3 Å². The Hall–Kier alpha value is -3.22. The lowest BCUT2D eigenvalue weighted by atomic mass is 10.0. The van der Waals surface area contributed by atoms with Gasteiger partial charge < -0.3 is 0 Å². The number of hydrogen-bond acceptors (Lipinski definition) is 4. The highest BCUT2D eigenvalue weighted by atomic mass is 16.6. The maximum Gasteiger partial charge on any atom is 0.282 e. The molecular weight excluding hydrogens is 370 g/mol. The number of nitro benzene ring substituents is 1. The number of amides is 2. The van der Waals surface area contributed by atoms with Crippen LogP contribution < -0.4 is 5.43 Å². The second-order valence-corrected chi connectivity index (χ2v) is 7.83. The molecule has 0 heterocycles. The molecule has 1 N–H and O–H groups in total. The summed E-state index contributed by atoms with van der Waals surface area (Å²) in [4.78, 5) is 36.5. The molecule has 2 amide bonds. The molecular formula is C22H27N3O4. The van der Waals surface area contributed by atoms with Crippen molar-refractivity contribution in [1.29, 1.82) is 0 Å². The zero-order valence-electron chi connectivity index (χ0n) is 17.3. The summed E-state index contributed by atoms with van der Waals surface area (Å²) in [5.74, 6) is -1.09. The number of hydrogen-bond donors (Lipinski definition) is 1. The monoisotopic (exact) mass is 397 g/mol. The van der Waals surface area contributed by atoms with Crippen molar-refractivity contribution in [2.45, 2.75) is 52.5 Å². The van der Waals surface area contributed by atoms with Crippen LogP contribution in [-0.4, -0.2) is 27.3 Å². The standard InChI is InChI=1S/C22H27N3O4/c1-5-6-9-16-12-14-17(15-13-16)20(26)23-24(22(2,3)4)21(27)18-10-7-8-11-19(18)25(28)29/h7-8,10-15H,5-6,9H2,1-4H3,(H,23,26). The molecule has 2 rings (SSSR count). The van der Waals surface area contributed by atoms with Crippen LogP contribution in [0, 0.1) is 10.1 Å². The maximum absolute atomic E-state index is 13.1. The van der Waals surface area contributed by atoms with E-state index in [1.165, 1.54) is 18.2 Å². The number of carbonyl (C=O) groups excluding carboxylic acids is 2. The van der Waals surface area contributed by atoms with Crippen molar-refractivity contribution < 1.29 is 14.5 Å². The predicted octanol–water partition coefficient (Wildman–Crippen LogP) is 4.52. The van der Waals surface area contributed by atoms with Gasteiger partial charge in [0.15, 0.2) is 0 Å². The maximum atomic E-state index is 13.1. The molecule has 2 aromatic carbocycles. The topological polar surface area (TPSA) is 92.6 Å². The van der Waals surface area contributed by atoms with Crippen LogP contribution in [-0.2, 0) is 6.42 Å². The van der Waals surface area contributed by atoms with E-state index in [1.54, 1.807) is 39.0 Å². The summed E-state index contributed by atoms with van der Waals surface area (Å²) in [7, 11) is 0. The van der Waals surface area contributed by atoms with Crippen molar-refractivity contribution in [2.24, 2.45) is 0 Å². The molecule has 0 fully saturated rings. The minimum Gasteiger partial charge on any atom is -0.267 e. The van der Waals surface area contributed by atoms with Crippen LogP contribution in [0.15, 0.2) is 48.5 Å². The Balaban J connectivity index is 2.27. The molecule has 7 heteroatoms. The van der Waals surface area contributed by atoms with Crippen LogP contribution in [0.1, 0.15) is 66.8 Å². The van der Waals surface area contributed by atoms with Gasteiger partial charge in [-0.15, -0.1) is 0 Å². The summed E-state index contributed by atoms with van der Waals surface area (Å²) >= 11 is 0. The highest BCUT2D eigenvalue weighted by Crippen LogP contribution is 2.23. The molecule has 0 aliphatic rings. The Kier molecular flexibility index (Phi) is 7.09. The van der Waals surface area contributed by atoms with Gasteiger partial charge in [0.1, 0.15) is 5.56 Å². The van der Waals surface area contributed by atoms with E-state index < -0.39 is 22.3 Å². The van der Waals surface area contributed by atoms with Gasteiger partial charge in [0.05, 0.1) is 10.5 Å². The fourth-order valence-electron chi connectivity index (χ4n) is 2.83. The van der Waals surface area contributed by atoms with E-state index in [-0.39, 0.29) is 11.3 Å². The number of unbranched alkanes of at least 4 members (excludes halogenated alkanes) is 1. The molecule has 0 aliphatic carbocycles.